The largest absolute Gasteiger partial charge is 0.324 e. The molecule has 5 heteroatoms. The zero-order valence-corrected chi connectivity index (χ0v) is 11.4. The highest BCUT2D eigenvalue weighted by molar-refractivity contribution is 6.32. The van der Waals surface area contributed by atoms with E-state index >= 15 is 0 Å². The van der Waals surface area contributed by atoms with Crippen LogP contribution in [0.1, 0.15) is 6.92 Å². The molecule has 0 saturated carbocycles. The fraction of sp³-hybridized carbons (Fsp3) is 0.0667. The van der Waals surface area contributed by atoms with E-state index in [9.17, 15) is 9.59 Å². The Morgan fingerprint density at radius 1 is 1.15 bits per heavy atom. The molecular weight excluding hydrogens is 276 g/mol. The predicted octanol–water partition coefficient (Wildman–Crippen LogP) is 3.29. The highest BCUT2D eigenvalue weighted by atomic mass is 35.5. The molecule has 0 saturated heterocycles. The van der Waals surface area contributed by atoms with E-state index in [0.717, 1.165) is 10.8 Å². The molecule has 0 aliphatic carbocycles. The fourth-order valence-electron chi connectivity index (χ4n) is 2.34. The van der Waals surface area contributed by atoms with Gasteiger partial charge >= 0.3 is 0 Å². The van der Waals surface area contributed by atoms with Crippen LogP contribution in [0.3, 0.4) is 0 Å². The number of benzene rings is 2. The number of hydrogen-bond acceptors (Lipinski definition) is 2. The Kier molecular flexibility index (Phi) is 2.95. The minimum absolute atomic E-state index is 0.193. The van der Waals surface area contributed by atoms with Crippen LogP contribution >= 0.6 is 11.6 Å². The number of amides is 1. The van der Waals surface area contributed by atoms with Crippen LogP contribution in [0, 0.1) is 0 Å². The van der Waals surface area contributed by atoms with Crippen molar-refractivity contribution < 1.29 is 4.79 Å². The van der Waals surface area contributed by atoms with E-state index in [0.29, 0.717) is 21.6 Å². The zero-order chi connectivity index (χ0) is 14.3. The first-order valence-electron chi connectivity index (χ1n) is 6.08. The average molecular weight is 287 g/mol. The highest BCUT2D eigenvalue weighted by Crippen LogP contribution is 2.30. The fourth-order valence-corrected chi connectivity index (χ4v) is 2.56. The summed E-state index contributed by atoms with van der Waals surface area (Å²) in [6.07, 6.45) is 0. The molecule has 0 fully saturated rings. The van der Waals surface area contributed by atoms with Gasteiger partial charge in [-0.15, -0.1) is 0 Å². The number of halogens is 1. The number of anilines is 1. The van der Waals surface area contributed by atoms with E-state index in [1.807, 2.05) is 18.2 Å². The number of aromatic nitrogens is 1. The van der Waals surface area contributed by atoms with Crippen LogP contribution in [-0.2, 0) is 4.79 Å². The molecule has 3 rings (SSSR count). The van der Waals surface area contributed by atoms with Gasteiger partial charge in [0.1, 0.15) is 0 Å². The summed E-state index contributed by atoms with van der Waals surface area (Å²) in [5.74, 6) is -0.220. The molecule has 1 aromatic heterocycles. The third-order valence-corrected chi connectivity index (χ3v) is 3.33. The van der Waals surface area contributed by atoms with Crippen molar-refractivity contribution in [3.63, 3.8) is 0 Å². The van der Waals surface area contributed by atoms with Crippen LogP contribution < -0.4 is 10.9 Å². The molecule has 0 radical (unpaired) electrons. The summed E-state index contributed by atoms with van der Waals surface area (Å²) in [6, 6.07) is 10.7. The molecular formula is C15H11ClN2O2. The van der Waals surface area contributed by atoms with Gasteiger partial charge in [-0.1, -0.05) is 29.8 Å². The number of aromatic amines is 1. The van der Waals surface area contributed by atoms with E-state index in [2.05, 4.69) is 10.3 Å². The first kappa shape index (κ1) is 12.7. The van der Waals surface area contributed by atoms with E-state index in [-0.39, 0.29) is 11.5 Å². The SMILES string of the molecule is CC(=O)Nc1cc(Cl)cc2c1[nH]c(=O)c1ccccc12. The average Bonchev–Trinajstić information content (AvgIpc) is 2.40. The zero-order valence-electron chi connectivity index (χ0n) is 10.7. The molecule has 0 atom stereocenters. The lowest BCUT2D eigenvalue weighted by Gasteiger charge is -2.10. The second-order valence-corrected chi connectivity index (χ2v) is 4.99. The maximum atomic E-state index is 12.1. The van der Waals surface area contributed by atoms with Gasteiger partial charge in [0.2, 0.25) is 5.91 Å². The van der Waals surface area contributed by atoms with Gasteiger partial charge in [0, 0.05) is 22.7 Å². The number of hydrogen-bond donors (Lipinski definition) is 2. The molecule has 100 valence electrons. The maximum absolute atomic E-state index is 12.1. The summed E-state index contributed by atoms with van der Waals surface area (Å²) in [5, 5.41) is 5.39. The van der Waals surface area contributed by atoms with Crippen LogP contribution in [0.5, 0.6) is 0 Å². The van der Waals surface area contributed by atoms with E-state index in [4.69, 9.17) is 11.6 Å². The van der Waals surface area contributed by atoms with Crippen molar-refractivity contribution in [1.82, 2.24) is 4.98 Å². The summed E-state index contributed by atoms with van der Waals surface area (Å²) < 4.78 is 0. The summed E-state index contributed by atoms with van der Waals surface area (Å²) >= 11 is 6.10. The molecule has 4 nitrogen and oxygen atoms in total. The molecule has 20 heavy (non-hydrogen) atoms. The van der Waals surface area contributed by atoms with Crippen molar-refractivity contribution in [1.29, 1.82) is 0 Å². The lowest BCUT2D eigenvalue weighted by Crippen LogP contribution is -2.11. The molecule has 0 spiro atoms. The minimum atomic E-state index is -0.220. The quantitative estimate of drug-likeness (QED) is 0.674. The smallest absolute Gasteiger partial charge is 0.256 e. The molecule has 0 aliphatic heterocycles. The predicted molar refractivity (Wildman–Crippen MR) is 81.4 cm³/mol. The van der Waals surface area contributed by atoms with Crippen LogP contribution in [0.2, 0.25) is 5.02 Å². The molecule has 2 aromatic carbocycles. The molecule has 0 aliphatic rings. The minimum Gasteiger partial charge on any atom is -0.324 e. The third kappa shape index (κ3) is 2.04. The monoisotopic (exact) mass is 286 g/mol. The normalized spacial score (nSPS) is 10.9. The molecule has 2 N–H and O–H groups in total. The molecule has 3 aromatic rings. The van der Waals surface area contributed by atoms with Gasteiger partial charge in [0.05, 0.1) is 11.2 Å². The number of fused-ring (bicyclic) bond motifs is 3. The lowest BCUT2D eigenvalue weighted by atomic mass is 10.1. The first-order chi connectivity index (χ1) is 9.56. The van der Waals surface area contributed by atoms with Gasteiger partial charge in [-0.3, -0.25) is 9.59 Å². The number of pyridine rings is 1. The number of carbonyl (C=O) groups excluding carboxylic acids is 1. The van der Waals surface area contributed by atoms with Crippen LogP contribution in [0.15, 0.2) is 41.2 Å². The van der Waals surface area contributed by atoms with E-state index in [1.165, 1.54) is 6.92 Å². The number of carbonyl (C=O) groups is 1. The van der Waals surface area contributed by atoms with Gasteiger partial charge in [-0.05, 0) is 23.6 Å². The van der Waals surface area contributed by atoms with Gasteiger partial charge < -0.3 is 10.3 Å². The van der Waals surface area contributed by atoms with E-state index < -0.39 is 0 Å². The van der Waals surface area contributed by atoms with Crippen molar-refractivity contribution in [3.8, 4) is 0 Å². The Morgan fingerprint density at radius 2 is 1.85 bits per heavy atom. The highest BCUT2D eigenvalue weighted by Gasteiger charge is 2.10. The Morgan fingerprint density at radius 3 is 2.55 bits per heavy atom. The van der Waals surface area contributed by atoms with Crippen LogP contribution in [0.4, 0.5) is 5.69 Å². The van der Waals surface area contributed by atoms with Crippen LogP contribution in [-0.4, -0.2) is 10.9 Å². The maximum Gasteiger partial charge on any atom is 0.256 e. The number of nitrogens with one attached hydrogen (secondary N) is 2. The van der Waals surface area contributed by atoms with E-state index in [1.54, 1.807) is 18.2 Å². The molecule has 1 heterocycles. The summed E-state index contributed by atoms with van der Waals surface area (Å²) in [6.45, 7) is 1.41. The summed E-state index contributed by atoms with van der Waals surface area (Å²) in [5.41, 5.74) is 0.887. The first-order valence-corrected chi connectivity index (χ1v) is 6.46. The van der Waals surface area contributed by atoms with Crippen LogP contribution in [0.25, 0.3) is 21.7 Å². The van der Waals surface area contributed by atoms with Gasteiger partial charge in [0.25, 0.3) is 5.56 Å². The van der Waals surface area contributed by atoms with Gasteiger partial charge in [-0.25, -0.2) is 0 Å². The second-order valence-electron chi connectivity index (χ2n) is 4.56. The number of rotatable bonds is 1. The standard InChI is InChI=1S/C15H11ClN2O2/c1-8(19)17-13-7-9(16)6-12-10-4-2-3-5-11(10)15(20)18-14(12)13/h2-7H,1H3,(H,17,19)(H,18,20). The Hall–Kier alpha value is -2.33. The summed E-state index contributed by atoms with van der Waals surface area (Å²) in [7, 11) is 0. The van der Waals surface area contributed by atoms with Gasteiger partial charge in [0.15, 0.2) is 0 Å². The molecule has 0 bridgehead atoms. The van der Waals surface area contributed by atoms with Crippen molar-refractivity contribution in [2.75, 3.05) is 5.32 Å². The summed E-state index contributed by atoms with van der Waals surface area (Å²) in [4.78, 5) is 26.2. The molecule has 1 amide bonds. The van der Waals surface area contributed by atoms with Crippen molar-refractivity contribution in [2.24, 2.45) is 0 Å². The Balaban J connectivity index is 2.50. The topological polar surface area (TPSA) is 62.0 Å². The van der Waals surface area contributed by atoms with Crippen molar-refractivity contribution >= 4 is 44.9 Å². The molecule has 0 unspecified atom stereocenters. The third-order valence-electron chi connectivity index (χ3n) is 3.11. The Bertz CT molecular complexity index is 899. The Labute approximate surface area is 119 Å². The van der Waals surface area contributed by atoms with Crippen molar-refractivity contribution in [2.45, 2.75) is 6.92 Å². The van der Waals surface area contributed by atoms with Gasteiger partial charge in [-0.2, -0.15) is 0 Å². The lowest BCUT2D eigenvalue weighted by molar-refractivity contribution is -0.114. The number of H-pyrrole nitrogens is 1. The van der Waals surface area contributed by atoms with Crippen molar-refractivity contribution in [3.05, 3.63) is 51.8 Å². The second kappa shape index (κ2) is 4.65.